The van der Waals surface area contributed by atoms with Gasteiger partial charge in [-0.15, -0.1) is 0 Å². The highest BCUT2D eigenvalue weighted by molar-refractivity contribution is 5.94. The van der Waals surface area contributed by atoms with Gasteiger partial charge >= 0.3 is 0 Å². The number of nitrogens with zero attached hydrogens (tertiary/aromatic N) is 2. The molecule has 1 aliphatic carbocycles. The maximum absolute atomic E-state index is 13.4. The molecular weight excluding hydrogens is 339 g/mol. The molecule has 0 bridgehead atoms. The van der Waals surface area contributed by atoms with Crippen LogP contribution in [0.25, 0.3) is 0 Å². The molecule has 4 heteroatoms. The van der Waals surface area contributed by atoms with E-state index in [0.717, 1.165) is 26.2 Å². The molecule has 1 aliphatic heterocycles. The molecule has 1 saturated heterocycles. The molecule has 2 fully saturated rings. The van der Waals surface area contributed by atoms with Gasteiger partial charge in [0.1, 0.15) is 5.82 Å². The van der Waals surface area contributed by atoms with Crippen molar-refractivity contribution >= 4 is 5.91 Å². The molecule has 0 spiro atoms. The summed E-state index contributed by atoms with van der Waals surface area (Å²) < 4.78 is 13.4. The number of amides is 1. The SMILES string of the molecule is O=C(c1cccc(F)c1)N1CCN(C2CCC(c3ccccc3)CC2)CC1. The summed E-state index contributed by atoms with van der Waals surface area (Å²) in [7, 11) is 0. The number of piperazine rings is 1. The molecule has 1 amide bonds. The largest absolute Gasteiger partial charge is 0.336 e. The third-order valence-corrected chi connectivity index (χ3v) is 6.16. The van der Waals surface area contributed by atoms with Crippen molar-refractivity contribution in [2.45, 2.75) is 37.6 Å². The first kappa shape index (κ1) is 18.2. The first-order chi connectivity index (χ1) is 13.2. The van der Waals surface area contributed by atoms with E-state index in [9.17, 15) is 9.18 Å². The van der Waals surface area contributed by atoms with Crippen LogP contribution in [0.5, 0.6) is 0 Å². The second kappa shape index (κ2) is 8.22. The van der Waals surface area contributed by atoms with E-state index in [1.807, 2.05) is 4.90 Å². The highest BCUT2D eigenvalue weighted by Gasteiger charge is 2.30. The van der Waals surface area contributed by atoms with Gasteiger partial charge in [-0.2, -0.15) is 0 Å². The van der Waals surface area contributed by atoms with E-state index in [1.165, 1.54) is 43.4 Å². The zero-order valence-corrected chi connectivity index (χ0v) is 15.7. The number of hydrogen-bond donors (Lipinski definition) is 0. The fraction of sp³-hybridized carbons (Fsp3) is 0.435. The van der Waals surface area contributed by atoms with Crippen LogP contribution in [-0.2, 0) is 0 Å². The van der Waals surface area contributed by atoms with Gasteiger partial charge in [0, 0.05) is 37.8 Å². The molecule has 27 heavy (non-hydrogen) atoms. The lowest BCUT2D eigenvalue weighted by Gasteiger charge is -2.42. The van der Waals surface area contributed by atoms with E-state index >= 15 is 0 Å². The maximum Gasteiger partial charge on any atom is 0.254 e. The first-order valence-electron chi connectivity index (χ1n) is 10.0. The van der Waals surface area contributed by atoms with Crippen LogP contribution in [0.4, 0.5) is 4.39 Å². The second-order valence-electron chi connectivity index (χ2n) is 7.75. The summed E-state index contributed by atoms with van der Waals surface area (Å²) in [5, 5.41) is 0. The van der Waals surface area contributed by atoms with Crippen LogP contribution in [-0.4, -0.2) is 47.9 Å². The molecule has 3 nitrogen and oxygen atoms in total. The van der Waals surface area contributed by atoms with E-state index in [0.29, 0.717) is 17.5 Å². The van der Waals surface area contributed by atoms with E-state index in [4.69, 9.17) is 0 Å². The maximum atomic E-state index is 13.4. The highest BCUT2D eigenvalue weighted by atomic mass is 19.1. The summed E-state index contributed by atoms with van der Waals surface area (Å²) in [4.78, 5) is 17.0. The van der Waals surface area contributed by atoms with Gasteiger partial charge in [0.25, 0.3) is 5.91 Å². The summed E-state index contributed by atoms with van der Waals surface area (Å²) in [5.41, 5.74) is 1.92. The molecule has 0 unspecified atom stereocenters. The zero-order valence-electron chi connectivity index (χ0n) is 15.7. The molecule has 142 valence electrons. The van der Waals surface area contributed by atoms with E-state index in [-0.39, 0.29) is 11.7 Å². The molecule has 1 heterocycles. The zero-order chi connectivity index (χ0) is 18.6. The quantitative estimate of drug-likeness (QED) is 0.808. The predicted molar refractivity (Wildman–Crippen MR) is 105 cm³/mol. The second-order valence-corrected chi connectivity index (χ2v) is 7.75. The van der Waals surface area contributed by atoms with Crippen molar-refractivity contribution < 1.29 is 9.18 Å². The monoisotopic (exact) mass is 366 g/mol. The van der Waals surface area contributed by atoms with Gasteiger partial charge in [-0.1, -0.05) is 36.4 Å². The van der Waals surface area contributed by atoms with Gasteiger partial charge in [-0.25, -0.2) is 4.39 Å². The summed E-state index contributed by atoms with van der Waals surface area (Å²) in [6.45, 7) is 3.30. The molecule has 0 radical (unpaired) electrons. The fourth-order valence-electron chi connectivity index (χ4n) is 4.59. The number of halogens is 1. The molecule has 0 atom stereocenters. The van der Waals surface area contributed by atoms with Crippen molar-refractivity contribution in [2.75, 3.05) is 26.2 Å². The third-order valence-electron chi connectivity index (χ3n) is 6.16. The van der Waals surface area contributed by atoms with Gasteiger partial charge in [-0.3, -0.25) is 9.69 Å². The Bertz CT molecular complexity index is 763. The average Bonchev–Trinajstić information content (AvgIpc) is 2.74. The lowest BCUT2D eigenvalue weighted by Crippen LogP contribution is -2.52. The number of rotatable bonds is 3. The Labute approximate surface area is 160 Å². The number of carbonyl (C=O) groups is 1. The Kier molecular flexibility index (Phi) is 5.53. The summed E-state index contributed by atoms with van der Waals surface area (Å²) >= 11 is 0. The minimum Gasteiger partial charge on any atom is -0.336 e. The molecule has 2 aromatic carbocycles. The molecule has 2 aliphatic rings. The molecule has 0 N–H and O–H groups in total. The van der Waals surface area contributed by atoms with Crippen molar-refractivity contribution in [1.82, 2.24) is 9.80 Å². The van der Waals surface area contributed by atoms with Crippen molar-refractivity contribution in [3.63, 3.8) is 0 Å². The van der Waals surface area contributed by atoms with Crippen molar-refractivity contribution in [1.29, 1.82) is 0 Å². The lowest BCUT2D eigenvalue weighted by atomic mass is 9.81. The summed E-state index contributed by atoms with van der Waals surface area (Å²) in [6.07, 6.45) is 4.96. The average molecular weight is 366 g/mol. The van der Waals surface area contributed by atoms with Crippen LogP contribution in [0.15, 0.2) is 54.6 Å². The van der Waals surface area contributed by atoms with E-state index < -0.39 is 0 Å². The molecule has 4 rings (SSSR count). The molecule has 1 saturated carbocycles. The Balaban J connectivity index is 1.28. The normalized spacial score (nSPS) is 24.0. The van der Waals surface area contributed by atoms with E-state index in [1.54, 1.807) is 12.1 Å². The number of carbonyl (C=O) groups excluding carboxylic acids is 1. The lowest BCUT2D eigenvalue weighted by molar-refractivity contribution is 0.0514. The van der Waals surface area contributed by atoms with Gasteiger partial charge in [0.2, 0.25) is 0 Å². The smallest absolute Gasteiger partial charge is 0.254 e. The first-order valence-corrected chi connectivity index (χ1v) is 10.0. The Morgan fingerprint density at radius 3 is 2.22 bits per heavy atom. The Hall–Kier alpha value is -2.20. The van der Waals surface area contributed by atoms with Gasteiger partial charge in [-0.05, 0) is 55.4 Å². The van der Waals surface area contributed by atoms with Crippen LogP contribution in [0.3, 0.4) is 0 Å². The summed E-state index contributed by atoms with van der Waals surface area (Å²) in [6, 6.07) is 17.5. The third kappa shape index (κ3) is 4.22. The van der Waals surface area contributed by atoms with Crippen LogP contribution < -0.4 is 0 Å². The number of benzene rings is 2. The minimum atomic E-state index is -0.352. The van der Waals surface area contributed by atoms with Crippen LogP contribution in [0.2, 0.25) is 0 Å². The van der Waals surface area contributed by atoms with Gasteiger partial charge in [0.15, 0.2) is 0 Å². The Morgan fingerprint density at radius 2 is 1.56 bits per heavy atom. The summed E-state index contributed by atoms with van der Waals surface area (Å²) in [5.74, 6) is 0.287. The van der Waals surface area contributed by atoms with Crippen LogP contribution in [0.1, 0.15) is 47.5 Å². The van der Waals surface area contributed by atoms with Crippen LogP contribution in [0, 0.1) is 5.82 Å². The molecule has 0 aromatic heterocycles. The van der Waals surface area contributed by atoms with Crippen molar-refractivity contribution in [2.24, 2.45) is 0 Å². The fourth-order valence-corrected chi connectivity index (χ4v) is 4.59. The topological polar surface area (TPSA) is 23.6 Å². The van der Waals surface area contributed by atoms with Crippen LogP contribution >= 0.6 is 0 Å². The van der Waals surface area contributed by atoms with E-state index in [2.05, 4.69) is 35.2 Å². The standard InChI is InChI=1S/C23H27FN2O/c24-21-8-4-7-20(17-21)23(27)26-15-13-25(14-16-26)22-11-9-19(10-12-22)18-5-2-1-3-6-18/h1-8,17,19,22H,9-16H2. The predicted octanol–water partition coefficient (Wildman–Crippen LogP) is 4.31. The van der Waals surface area contributed by atoms with Crippen molar-refractivity contribution in [3.8, 4) is 0 Å². The molecule has 2 aromatic rings. The number of hydrogen-bond acceptors (Lipinski definition) is 2. The van der Waals surface area contributed by atoms with Crippen molar-refractivity contribution in [3.05, 3.63) is 71.5 Å². The Morgan fingerprint density at radius 1 is 0.852 bits per heavy atom. The molecular formula is C23H27FN2O. The van der Waals surface area contributed by atoms with Gasteiger partial charge in [0.05, 0.1) is 0 Å². The van der Waals surface area contributed by atoms with Gasteiger partial charge < -0.3 is 4.90 Å². The minimum absolute atomic E-state index is 0.0538. The highest BCUT2D eigenvalue weighted by Crippen LogP contribution is 2.35.